The minimum absolute atomic E-state index is 0.176. The van der Waals surface area contributed by atoms with Crippen molar-refractivity contribution >= 4 is 0 Å². The fourth-order valence-corrected chi connectivity index (χ4v) is 2.56. The van der Waals surface area contributed by atoms with E-state index >= 15 is 0 Å². The average molecular weight is 219 g/mol. The first-order valence-corrected chi connectivity index (χ1v) is 5.98. The summed E-state index contributed by atoms with van der Waals surface area (Å²) in [6, 6.07) is 4.29. The smallest absolute Gasteiger partial charge is 0.122 e. The Morgan fingerprint density at radius 3 is 2.69 bits per heavy atom. The lowest BCUT2D eigenvalue weighted by atomic mass is 9.90. The minimum atomic E-state index is -0.176. The van der Waals surface area contributed by atoms with E-state index < -0.39 is 0 Å². The maximum Gasteiger partial charge on any atom is 0.122 e. The molecule has 0 aliphatic heterocycles. The Morgan fingerprint density at radius 1 is 1.31 bits per heavy atom. The maximum absolute atomic E-state index is 6.13. The van der Waals surface area contributed by atoms with Crippen molar-refractivity contribution in [2.24, 2.45) is 5.73 Å². The van der Waals surface area contributed by atoms with Crippen LogP contribution in [0.2, 0.25) is 0 Å². The molecule has 0 heterocycles. The Labute approximate surface area is 97.8 Å². The second-order valence-corrected chi connectivity index (χ2v) is 5.40. The summed E-state index contributed by atoms with van der Waals surface area (Å²) in [5.41, 5.74) is 10.2. The van der Waals surface area contributed by atoms with Crippen molar-refractivity contribution < 1.29 is 4.74 Å². The van der Waals surface area contributed by atoms with Gasteiger partial charge in [-0.25, -0.2) is 0 Å². The van der Waals surface area contributed by atoms with Gasteiger partial charge in [0.25, 0.3) is 0 Å². The molecule has 0 aromatic heterocycles. The standard InChI is InChI=1S/C14H21NO/c1-14(2,15)9-12-11-6-4-5-10(11)7-8-13(12)16-3/h7-8H,4-6,9,15H2,1-3H3. The summed E-state index contributed by atoms with van der Waals surface area (Å²) >= 11 is 0. The summed E-state index contributed by atoms with van der Waals surface area (Å²) in [5, 5.41) is 0. The van der Waals surface area contributed by atoms with Gasteiger partial charge in [-0.1, -0.05) is 6.07 Å². The Hall–Kier alpha value is -1.02. The van der Waals surface area contributed by atoms with Crippen LogP contribution < -0.4 is 10.5 Å². The van der Waals surface area contributed by atoms with Crippen LogP contribution in [0.4, 0.5) is 0 Å². The third-order valence-electron chi connectivity index (χ3n) is 3.21. The molecular formula is C14H21NO. The molecule has 1 aromatic carbocycles. The molecule has 1 aliphatic carbocycles. The SMILES string of the molecule is COc1ccc2c(c1CC(C)(C)N)CCC2. The molecule has 2 nitrogen and oxygen atoms in total. The number of rotatable bonds is 3. The molecule has 0 bridgehead atoms. The van der Waals surface area contributed by atoms with Crippen LogP contribution in [0.15, 0.2) is 12.1 Å². The zero-order valence-corrected chi connectivity index (χ0v) is 10.5. The van der Waals surface area contributed by atoms with Crippen LogP contribution in [-0.4, -0.2) is 12.6 Å². The molecule has 0 fully saturated rings. The molecule has 2 N–H and O–H groups in total. The van der Waals surface area contributed by atoms with Gasteiger partial charge in [-0.2, -0.15) is 0 Å². The van der Waals surface area contributed by atoms with Crippen molar-refractivity contribution in [2.75, 3.05) is 7.11 Å². The van der Waals surface area contributed by atoms with E-state index in [0.29, 0.717) is 0 Å². The molecule has 1 aromatic rings. The molecule has 0 saturated heterocycles. The van der Waals surface area contributed by atoms with Crippen molar-refractivity contribution in [1.29, 1.82) is 0 Å². The van der Waals surface area contributed by atoms with E-state index in [9.17, 15) is 0 Å². The summed E-state index contributed by atoms with van der Waals surface area (Å²) < 4.78 is 5.46. The number of hydrogen-bond acceptors (Lipinski definition) is 2. The summed E-state index contributed by atoms with van der Waals surface area (Å²) in [6.45, 7) is 4.14. The van der Waals surface area contributed by atoms with Crippen LogP contribution in [0, 0.1) is 0 Å². The normalized spacial score (nSPS) is 15.0. The van der Waals surface area contributed by atoms with Gasteiger partial charge < -0.3 is 10.5 Å². The third-order valence-corrected chi connectivity index (χ3v) is 3.21. The number of fused-ring (bicyclic) bond motifs is 1. The predicted molar refractivity (Wildman–Crippen MR) is 67.0 cm³/mol. The highest BCUT2D eigenvalue weighted by Gasteiger charge is 2.22. The van der Waals surface area contributed by atoms with E-state index in [0.717, 1.165) is 12.2 Å². The van der Waals surface area contributed by atoms with Gasteiger partial charge in [0.1, 0.15) is 5.75 Å². The summed E-state index contributed by atoms with van der Waals surface area (Å²) in [7, 11) is 1.74. The molecule has 0 saturated carbocycles. The Kier molecular flexibility index (Phi) is 2.94. The Balaban J connectivity index is 2.44. The van der Waals surface area contributed by atoms with Gasteiger partial charge in [-0.15, -0.1) is 0 Å². The number of hydrogen-bond donors (Lipinski definition) is 1. The topological polar surface area (TPSA) is 35.2 Å². The number of nitrogens with two attached hydrogens (primary N) is 1. The highest BCUT2D eigenvalue weighted by atomic mass is 16.5. The monoisotopic (exact) mass is 219 g/mol. The van der Waals surface area contributed by atoms with Crippen molar-refractivity contribution in [1.82, 2.24) is 0 Å². The predicted octanol–water partition coefficient (Wildman–Crippen LogP) is 2.46. The maximum atomic E-state index is 6.13. The van der Waals surface area contributed by atoms with Crippen LogP contribution in [0.25, 0.3) is 0 Å². The van der Waals surface area contributed by atoms with E-state index in [1.54, 1.807) is 7.11 Å². The summed E-state index contributed by atoms with van der Waals surface area (Å²) in [4.78, 5) is 0. The molecule has 0 unspecified atom stereocenters. The van der Waals surface area contributed by atoms with Gasteiger partial charge in [0.05, 0.1) is 7.11 Å². The second-order valence-electron chi connectivity index (χ2n) is 5.40. The van der Waals surface area contributed by atoms with Gasteiger partial charge in [-0.05, 0) is 62.3 Å². The molecule has 2 rings (SSSR count). The van der Waals surface area contributed by atoms with E-state index in [1.165, 1.54) is 36.0 Å². The van der Waals surface area contributed by atoms with Gasteiger partial charge in [0.2, 0.25) is 0 Å². The van der Waals surface area contributed by atoms with Crippen LogP contribution in [0.1, 0.15) is 37.0 Å². The largest absolute Gasteiger partial charge is 0.496 e. The fraction of sp³-hybridized carbons (Fsp3) is 0.571. The lowest BCUT2D eigenvalue weighted by molar-refractivity contribution is 0.401. The number of methoxy groups -OCH3 is 1. The van der Waals surface area contributed by atoms with E-state index in [-0.39, 0.29) is 5.54 Å². The second kappa shape index (κ2) is 4.10. The van der Waals surface area contributed by atoms with Crippen molar-refractivity contribution in [3.63, 3.8) is 0 Å². The molecule has 0 radical (unpaired) electrons. The van der Waals surface area contributed by atoms with Crippen LogP contribution >= 0.6 is 0 Å². The molecule has 2 heteroatoms. The van der Waals surface area contributed by atoms with Crippen LogP contribution in [0.5, 0.6) is 5.75 Å². The van der Waals surface area contributed by atoms with E-state index in [1.807, 2.05) is 0 Å². The molecule has 0 spiro atoms. The van der Waals surface area contributed by atoms with Gasteiger partial charge in [0, 0.05) is 5.54 Å². The minimum Gasteiger partial charge on any atom is -0.496 e. The van der Waals surface area contributed by atoms with Crippen LogP contribution in [-0.2, 0) is 19.3 Å². The first kappa shape index (κ1) is 11.5. The lowest BCUT2D eigenvalue weighted by Gasteiger charge is -2.22. The van der Waals surface area contributed by atoms with Gasteiger partial charge >= 0.3 is 0 Å². The fourth-order valence-electron chi connectivity index (χ4n) is 2.56. The molecule has 0 atom stereocenters. The summed E-state index contributed by atoms with van der Waals surface area (Å²) in [5.74, 6) is 0.999. The lowest BCUT2D eigenvalue weighted by Crippen LogP contribution is -2.35. The number of benzene rings is 1. The molecule has 1 aliphatic rings. The average Bonchev–Trinajstić information content (AvgIpc) is 2.64. The van der Waals surface area contributed by atoms with E-state index in [2.05, 4.69) is 26.0 Å². The van der Waals surface area contributed by atoms with Crippen molar-refractivity contribution in [2.45, 2.75) is 45.1 Å². The zero-order valence-electron chi connectivity index (χ0n) is 10.5. The number of aryl methyl sites for hydroxylation is 1. The van der Waals surface area contributed by atoms with E-state index in [4.69, 9.17) is 10.5 Å². The quantitative estimate of drug-likeness (QED) is 0.847. The zero-order chi connectivity index (χ0) is 11.8. The molecule has 16 heavy (non-hydrogen) atoms. The third kappa shape index (κ3) is 2.22. The highest BCUT2D eigenvalue weighted by molar-refractivity contribution is 5.48. The number of ether oxygens (including phenoxy) is 1. The van der Waals surface area contributed by atoms with Crippen molar-refractivity contribution in [3.05, 3.63) is 28.8 Å². The van der Waals surface area contributed by atoms with Crippen molar-refractivity contribution in [3.8, 4) is 5.75 Å². The molecular weight excluding hydrogens is 198 g/mol. The summed E-state index contributed by atoms with van der Waals surface area (Å²) in [6.07, 6.45) is 4.54. The Morgan fingerprint density at radius 2 is 2.06 bits per heavy atom. The Bertz CT molecular complexity index is 390. The van der Waals surface area contributed by atoms with Gasteiger partial charge in [-0.3, -0.25) is 0 Å². The first-order valence-electron chi connectivity index (χ1n) is 5.98. The van der Waals surface area contributed by atoms with Gasteiger partial charge in [0.15, 0.2) is 0 Å². The molecule has 0 amide bonds. The first-order chi connectivity index (χ1) is 7.51. The highest BCUT2D eigenvalue weighted by Crippen LogP contribution is 2.33. The molecule has 88 valence electrons. The van der Waals surface area contributed by atoms with Crippen LogP contribution in [0.3, 0.4) is 0 Å².